The van der Waals surface area contributed by atoms with Crippen molar-refractivity contribution in [2.45, 2.75) is 5.08 Å². The number of halogens is 3. The molecule has 9 heavy (non-hydrogen) atoms. The Kier molecular flexibility index (Phi) is 2.49. The van der Waals surface area contributed by atoms with E-state index in [0.29, 0.717) is 4.74 Å². The van der Waals surface area contributed by atoms with E-state index in [2.05, 4.69) is 41.8 Å². The molecule has 0 fully saturated rings. The molecule has 0 bridgehead atoms. The van der Waals surface area contributed by atoms with Gasteiger partial charge in [-0.05, 0) is 31.9 Å². The fourth-order valence-electron chi connectivity index (χ4n) is 0.338. The summed E-state index contributed by atoms with van der Waals surface area (Å²) in [5.41, 5.74) is 0. The van der Waals surface area contributed by atoms with Crippen LogP contribution in [-0.4, -0.2) is 20.6 Å². The lowest BCUT2D eigenvalue weighted by Crippen LogP contribution is -2.25. The topological polar surface area (TPSA) is 28.0 Å². The second kappa shape index (κ2) is 2.98. The quantitative estimate of drug-likeness (QED) is 0.377. The summed E-state index contributed by atoms with van der Waals surface area (Å²) in [6, 6.07) is 0. The van der Waals surface area contributed by atoms with Crippen molar-refractivity contribution in [1.82, 2.24) is 4.42 Å². The van der Waals surface area contributed by atoms with Crippen molar-refractivity contribution in [2.75, 3.05) is 0 Å². The van der Waals surface area contributed by atoms with Gasteiger partial charge in [0.05, 0.1) is 0 Å². The Balaban J connectivity index is 2.73. The molecule has 1 aliphatic rings. The third kappa shape index (κ3) is 1.65. The van der Waals surface area contributed by atoms with E-state index in [1.807, 2.05) is 0 Å². The van der Waals surface area contributed by atoms with Gasteiger partial charge in [-0.2, -0.15) is 0 Å². The molecule has 0 spiro atoms. The molecule has 0 aliphatic carbocycles. The second-order valence-electron chi connectivity index (χ2n) is 1.28. The fraction of sp³-hybridized carbons (Fsp3) is 0.333. The minimum Gasteiger partial charge on any atom is -0.236 e. The lowest BCUT2D eigenvalue weighted by molar-refractivity contribution is 0.643. The zero-order chi connectivity index (χ0) is 6.85. The van der Waals surface area contributed by atoms with E-state index in [-0.39, 0.29) is 5.08 Å². The third-order valence-electron chi connectivity index (χ3n) is 0.717. The molecule has 3 nitrogen and oxygen atoms in total. The van der Waals surface area contributed by atoms with Crippen molar-refractivity contribution in [3.8, 4) is 0 Å². The summed E-state index contributed by atoms with van der Waals surface area (Å²) in [6.07, 6.45) is 1.43. The first-order chi connectivity index (χ1) is 4.22. The number of aliphatic imine (C=N–C) groups is 2. The molecule has 1 heterocycles. The van der Waals surface area contributed by atoms with Crippen LogP contribution in [0.1, 0.15) is 0 Å². The van der Waals surface area contributed by atoms with E-state index < -0.39 is 0 Å². The molecular formula is C3H2Br2ClN3. The second-order valence-corrected chi connectivity index (χ2v) is 3.18. The van der Waals surface area contributed by atoms with Gasteiger partial charge in [-0.15, -0.1) is 0 Å². The molecule has 1 unspecified atom stereocenters. The molecule has 0 amide bonds. The van der Waals surface area contributed by atoms with Gasteiger partial charge in [0.1, 0.15) is 6.34 Å². The summed E-state index contributed by atoms with van der Waals surface area (Å²) in [7, 11) is 0. The lowest BCUT2D eigenvalue weighted by atomic mass is 10.9. The Morgan fingerprint density at radius 1 is 1.78 bits per heavy atom. The maximum absolute atomic E-state index is 5.61. The van der Waals surface area contributed by atoms with E-state index >= 15 is 0 Å². The maximum atomic E-state index is 5.61. The van der Waals surface area contributed by atoms with Crippen LogP contribution in [-0.2, 0) is 0 Å². The van der Waals surface area contributed by atoms with Gasteiger partial charge < -0.3 is 0 Å². The van der Waals surface area contributed by atoms with Gasteiger partial charge in [0.15, 0.2) is 9.82 Å². The van der Waals surface area contributed by atoms with E-state index in [0.717, 1.165) is 0 Å². The smallest absolute Gasteiger partial charge is 0.195 e. The molecule has 0 aromatic rings. The molecule has 0 saturated carbocycles. The van der Waals surface area contributed by atoms with Gasteiger partial charge in [-0.3, -0.25) is 0 Å². The van der Waals surface area contributed by atoms with Crippen LogP contribution >= 0.6 is 43.6 Å². The van der Waals surface area contributed by atoms with Gasteiger partial charge in [-0.25, -0.2) is 14.4 Å². The first-order valence-corrected chi connectivity index (χ1v) is 4.10. The van der Waals surface area contributed by atoms with Crippen LogP contribution in [0.2, 0.25) is 0 Å². The summed E-state index contributed by atoms with van der Waals surface area (Å²) < 4.78 is 1.89. The molecule has 50 valence electrons. The fourth-order valence-corrected chi connectivity index (χ4v) is 1.29. The van der Waals surface area contributed by atoms with Crippen LogP contribution in [0, 0.1) is 0 Å². The highest BCUT2D eigenvalue weighted by atomic mass is 79.9. The van der Waals surface area contributed by atoms with Crippen molar-refractivity contribution in [2.24, 2.45) is 9.98 Å². The number of alkyl halides is 1. The van der Waals surface area contributed by atoms with Crippen LogP contribution in [0.25, 0.3) is 0 Å². The van der Waals surface area contributed by atoms with Gasteiger partial charge >= 0.3 is 0 Å². The number of hydrogen-bond donors (Lipinski definition) is 0. The predicted octanol–water partition coefficient (Wildman–Crippen LogP) is 1.91. The van der Waals surface area contributed by atoms with Gasteiger partial charge in [-0.1, -0.05) is 0 Å². The molecule has 1 rings (SSSR count). The van der Waals surface area contributed by atoms with Crippen molar-refractivity contribution < 1.29 is 0 Å². The van der Waals surface area contributed by atoms with Crippen molar-refractivity contribution in [3.05, 3.63) is 0 Å². The molecule has 0 saturated heterocycles. The third-order valence-corrected chi connectivity index (χ3v) is 2.73. The van der Waals surface area contributed by atoms with Crippen LogP contribution in [0.3, 0.4) is 0 Å². The first-order valence-electron chi connectivity index (χ1n) is 2.06. The number of nitrogens with zero attached hydrogens (tertiary/aromatic N) is 3. The van der Waals surface area contributed by atoms with E-state index in [1.165, 1.54) is 10.8 Å². The lowest BCUT2D eigenvalue weighted by Gasteiger charge is -2.18. The Hall–Kier alpha value is 0.390. The molecule has 1 aliphatic heterocycles. The summed E-state index contributed by atoms with van der Waals surface area (Å²) in [4.78, 5) is 7.60. The minimum absolute atomic E-state index is 0.217. The molecular weight excluding hydrogens is 273 g/mol. The standard InChI is InChI=1S/C3H2Br2ClN3/c4-2-7-1-8-3(5)9(2)6/h1-2H. The van der Waals surface area contributed by atoms with Crippen molar-refractivity contribution >= 4 is 54.7 Å². The summed E-state index contributed by atoms with van der Waals surface area (Å²) >= 11 is 11.9. The van der Waals surface area contributed by atoms with Gasteiger partial charge in [0, 0.05) is 11.8 Å². The monoisotopic (exact) mass is 273 g/mol. The predicted molar refractivity (Wildman–Crippen MR) is 45.3 cm³/mol. The van der Waals surface area contributed by atoms with E-state index in [4.69, 9.17) is 11.8 Å². The molecule has 0 aromatic heterocycles. The highest BCUT2D eigenvalue weighted by molar-refractivity contribution is 9.18. The zero-order valence-corrected chi connectivity index (χ0v) is 8.06. The average Bonchev–Trinajstić information content (AvgIpc) is 1.83. The molecule has 1 atom stereocenters. The van der Waals surface area contributed by atoms with Crippen molar-refractivity contribution in [1.29, 1.82) is 0 Å². The minimum atomic E-state index is -0.217. The maximum Gasteiger partial charge on any atom is 0.195 e. The summed E-state index contributed by atoms with van der Waals surface area (Å²) in [5.74, 6) is 0. The number of amidine groups is 1. The Labute approximate surface area is 74.2 Å². The Morgan fingerprint density at radius 3 is 2.89 bits per heavy atom. The van der Waals surface area contributed by atoms with Crippen LogP contribution in [0.4, 0.5) is 0 Å². The average molecular weight is 275 g/mol. The summed E-state index contributed by atoms with van der Waals surface area (Å²) in [5, 5.41) is -0.217. The van der Waals surface area contributed by atoms with Crippen LogP contribution < -0.4 is 0 Å². The van der Waals surface area contributed by atoms with Gasteiger partial charge in [0.2, 0.25) is 0 Å². The molecule has 0 radical (unpaired) electrons. The van der Waals surface area contributed by atoms with E-state index in [9.17, 15) is 0 Å². The molecule has 6 heteroatoms. The van der Waals surface area contributed by atoms with Gasteiger partial charge in [0.25, 0.3) is 0 Å². The Bertz CT molecular complexity index is 168. The summed E-state index contributed by atoms with van der Waals surface area (Å²) in [6.45, 7) is 0. The van der Waals surface area contributed by atoms with E-state index in [1.54, 1.807) is 0 Å². The van der Waals surface area contributed by atoms with Crippen LogP contribution in [0.5, 0.6) is 0 Å². The number of rotatable bonds is 0. The number of hydrogen-bond acceptors (Lipinski definition) is 3. The first kappa shape index (κ1) is 7.50. The highest BCUT2D eigenvalue weighted by Gasteiger charge is 2.16. The zero-order valence-electron chi connectivity index (χ0n) is 4.13. The molecule has 0 N–H and O–H groups in total. The Morgan fingerprint density at radius 2 is 2.44 bits per heavy atom. The largest absolute Gasteiger partial charge is 0.236 e. The molecule has 0 aromatic carbocycles. The highest BCUT2D eigenvalue weighted by Crippen LogP contribution is 2.17. The van der Waals surface area contributed by atoms with Crippen molar-refractivity contribution in [3.63, 3.8) is 0 Å². The van der Waals surface area contributed by atoms with Crippen LogP contribution in [0.15, 0.2) is 9.98 Å². The normalized spacial score (nSPS) is 26.3. The SMILES string of the molecule is ClN1C(Br)=NC=NC1Br.